The van der Waals surface area contributed by atoms with Crippen molar-refractivity contribution >= 4 is 11.8 Å². The van der Waals surface area contributed by atoms with Gasteiger partial charge in [0.2, 0.25) is 11.8 Å². The summed E-state index contributed by atoms with van der Waals surface area (Å²) in [6.45, 7) is 2.22. The van der Waals surface area contributed by atoms with Crippen LogP contribution in [0.5, 0.6) is 0 Å². The van der Waals surface area contributed by atoms with Crippen molar-refractivity contribution in [1.82, 2.24) is 24.6 Å². The van der Waals surface area contributed by atoms with E-state index in [0.29, 0.717) is 37.9 Å². The van der Waals surface area contributed by atoms with Gasteiger partial charge in [0.15, 0.2) is 0 Å². The van der Waals surface area contributed by atoms with Gasteiger partial charge >= 0.3 is 0 Å². The topological polar surface area (TPSA) is 71.3 Å². The fraction of sp³-hybridized carbons (Fsp3) is 0.789. The van der Waals surface area contributed by atoms with Crippen molar-refractivity contribution in [3.63, 3.8) is 0 Å². The fourth-order valence-corrected chi connectivity index (χ4v) is 5.04. The molecule has 1 aromatic heterocycles. The van der Waals surface area contributed by atoms with Gasteiger partial charge in [0.1, 0.15) is 12.2 Å². The van der Waals surface area contributed by atoms with Crippen LogP contribution in [0, 0.1) is 5.41 Å². The normalized spacial score (nSPS) is 27.0. The zero-order chi connectivity index (χ0) is 18.1. The van der Waals surface area contributed by atoms with E-state index in [1.165, 1.54) is 12.8 Å². The fourth-order valence-electron chi connectivity index (χ4n) is 5.04. The zero-order valence-electron chi connectivity index (χ0n) is 15.7. The third-order valence-electron chi connectivity index (χ3n) is 6.61. The molecule has 7 heteroatoms. The van der Waals surface area contributed by atoms with Gasteiger partial charge in [-0.3, -0.25) is 9.59 Å². The van der Waals surface area contributed by atoms with Gasteiger partial charge in [-0.25, -0.2) is 0 Å². The summed E-state index contributed by atoms with van der Waals surface area (Å²) in [7, 11) is 1.89. The molecule has 3 fully saturated rings. The molecule has 0 N–H and O–H groups in total. The summed E-state index contributed by atoms with van der Waals surface area (Å²) >= 11 is 0. The van der Waals surface area contributed by atoms with E-state index < -0.39 is 0 Å². The van der Waals surface area contributed by atoms with Crippen LogP contribution in [0.2, 0.25) is 0 Å². The van der Waals surface area contributed by atoms with E-state index >= 15 is 0 Å². The molecule has 0 radical (unpaired) electrons. The lowest BCUT2D eigenvalue weighted by Crippen LogP contribution is -2.53. The van der Waals surface area contributed by atoms with Gasteiger partial charge in [-0.05, 0) is 32.1 Å². The average molecular weight is 359 g/mol. The van der Waals surface area contributed by atoms with Crippen molar-refractivity contribution in [2.24, 2.45) is 12.5 Å². The Labute approximate surface area is 154 Å². The Balaban J connectivity index is 1.37. The van der Waals surface area contributed by atoms with Crippen LogP contribution in [0.1, 0.15) is 57.2 Å². The number of hydrogen-bond acceptors (Lipinski definition) is 4. The Hall–Kier alpha value is -1.92. The summed E-state index contributed by atoms with van der Waals surface area (Å²) in [5.74, 6) is 1.28. The Morgan fingerprint density at radius 2 is 2.04 bits per heavy atom. The molecule has 1 atom stereocenters. The van der Waals surface area contributed by atoms with Gasteiger partial charge in [-0.2, -0.15) is 0 Å². The number of aromatic nitrogens is 3. The summed E-state index contributed by atoms with van der Waals surface area (Å²) < 4.78 is 1.85. The Bertz CT molecular complexity index is 681. The number of carbonyl (C=O) groups is 2. The number of piperidine rings is 1. The number of carbonyl (C=O) groups excluding carboxylic acids is 2. The maximum Gasteiger partial charge on any atom is 0.230 e. The van der Waals surface area contributed by atoms with E-state index in [1.807, 2.05) is 16.5 Å². The molecule has 1 spiro atoms. The summed E-state index contributed by atoms with van der Waals surface area (Å²) in [6, 6.07) is 0.445. The van der Waals surface area contributed by atoms with E-state index in [2.05, 4.69) is 15.1 Å². The molecule has 1 aromatic rings. The minimum Gasteiger partial charge on any atom is -0.342 e. The Morgan fingerprint density at radius 1 is 1.23 bits per heavy atom. The maximum absolute atomic E-state index is 13.3. The molecule has 0 aromatic carbocycles. The quantitative estimate of drug-likeness (QED) is 0.817. The number of nitrogens with zero attached hydrogens (tertiary/aromatic N) is 5. The van der Waals surface area contributed by atoms with E-state index in [0.717, 1.165) is 44.5 Å². The summed E-state index contributed by atoms with van der Waals surface area (Å²) in [5, 5.41) is 7.90. The molecule has 0 unspecified atom stereocenters. The second-order valence-corrected chi connectivity index (χ2v) is 8.24. The van der Waals surface area contributed by atoms with Crippen LogP contribution in [0.4, 0.5) is 0 Å². The number of amides is 2. The highest BCUT2D eigenvalue weighted by molar-refractivity contribution is 5.86. The summed E-state index contributed by atoms with van der Waals surface area (Å²) in [5.41, 5.74) is -0.318. The monoisotopic (exact) mass is 359 g/mol. The average Bonchev–Trinajstić information content (AvgIpc) is 3.37. The molecule has 1 aliphatic carbocycles. The summed E-state index contributed by atoms with van der Waals surface area (Å²) in [4.78, 5) is 30.0. The van der Waals surface area contributed by atoms with Gasteiger partial charge in [0.25, 0.3) is 0 Å². The van der Waals surface area contributed by atoms with Crippen LogP contribution in [-0.2, 0) is 23.1 Å². The minimum absolute atomic E-state index is 0.135. The highest BCUT2D eigenvalue weighted by atomic mass is 16.2. The SMILES string of the molecule is Cn1cnnc1CCC(=O)N1CC[C@@]2(CCCN(C3CCCC3)C2=O)C1. The highest BCUT2D eigenvalue weighted by Crippen LogP contribution is 2.42. The van der Waals surface area contributed by atoms with Crippen LogP contribution in [-0.4, -0.2) is 62.1 Å². The lowest BCUT2D eigenvalue weighted by Gasteiger charge is -2.42. The molecule has 3 heterocycles. The van der Waals surface area contributed by atoms with E-state index in [-0.39, 0.29) is 11.3 Å². The van der Waals surface area contributed by atoms with Crippen LogP contribution in [0.25, 0.3) is 0 Å². The predicted octanol–water partition coefficient (Wildman–Crippen LogP) is 1.53. The molecular formula is C19H29N5O2. The largest absolute Gasteiger partial charge is 0.342 e. The first-order valence-electron chi connectivity index (χ1n) is 10.0. The van der Waals surface area contributed by atoms with Crippen molar-refractivity contribution in [3.8, 4) is 0 Å². The van der Waals surface area contributed by atoms with Gasteiger partial charge in [0, 0.05) is 45.6 Å². The molecule has 3 aliphatic rings. The number of likely N-dealkylation sites (tertiary alicyclic amines) is 2. The molecule has 2 amide bonds. The second kappa shape index (κ2) is 7.00. The predicted molar refractivity (Wildman–Crippen MR) is 96.2 cm³/mol. The second-order valence-electron chi connectivity index (χ2n) is 8.24. The Kier molecular flexibility index (Phi) is 4.71. The van der Waals surface area contributed by atoms with Crippen LogP contribution in [0.3, 0.4) is 0 Å². The van der Waals surface area contributed by atoms with E-state index in [4.69, 9.17) is 0 Å². The first kappa shape index (κ1) is 17.5. The molecule has 1 saturated carbocycles. The van der Waals surface area contributed by atoms with E-state index in [1.54, 1.807) is 6.33 Å². The third kappa shape index (κ3) is 3.12. The van der Waals surface area contributed by atoms with Crippen LogP contribution >= 0.6 is 0 Å². The third-order valence-corrected chi connectivity index (χ3v) is 6.61. The number of rotatable bonds is 4. The van der Waals surface area contributed by atoms with Crippen molar-refractivity contribution in [2.45, 2.75) is 63.8 Å². The molecule has 142 valence electrons. The lowest BCUT2D eigenvalue weighted by molar-refractivity contribution is -0.148. The standard InChI is InChI=1S/C19H29N5O2/c1-22-14-20-21-16(22)7-8-17(25)23-12-10-19(13-23)9-4-11-24(18(19)26)15-5-2-3-6-15/h14-15H,2-13H2,1H3/t19-/m0/s1. The van der Waals surface area contributed by atoms with E-state index in [9.17, 15) is 9.59 Å². The molecule has 26 heavy (non-hydrogen) atoms. The molecule has 7 nitrogen and oxygen atoms in total. The van der Waals surface area contributed by atoms with Crippen molar-refractivity contribution in [1.29, 1.82) is 0 Å². The molecule has 4 rings (SSSR count). The number of hydrogen-bond donors (Lipinski definition) is 0. The van der Waals surface area contributed by atoms with Gasteiger partial charge < -0.3 is 14.4 Å². The van der Waals surface area contributed by atoms with Gasteiger partial charge in [-0.1, -0.05) is 12.8 Å². The van der Waals surface area contributed by atoms with Crippen LogP contribution < -0.4 is 0 Å². The minimum atomic E-state index is -0.318. The Morgan fingerprint density at radius 3 is 2.77 bits per heavy atom. The lowest BCUT2D eigenvalue weighted by atomic mass is 9.77. The molecule has 2 saturated heterocycles. The van der Waals surface area contributed by atoms with Crippen molar-refractivity contribution < 1.29 is 9.59 Å². The first-order chi connectivity index (χ1) is 12.6. The van der Waals surface area contributed by atoms with Gasteiger partial charge in [0.05, 0.1) is 5.41 Å². The molecule has 0 bridgehead atoms. The van der Waals surface area contributed by atoms with Gasteiger partial charge in [-0.15, -0.1) is 10.2 Å². The molecular weight excluding hydrogens is 330 g/mol. The number of aryl methyl sites for hydroxylation is 2. The van der Waals surface area contributed by atoms with Crippen molar-refractivity contribution in [2.75, 3.05) is 19.6 Å². The van der Waals surface area contributed by atoms with Crippen molar-refractivity contribution in [3.05, 3.63) is 12.2 Å². The highest BCUT2D eigenvalue weighted by Gasteiger charge is 2.50. The maximum atomic E-state index is 13.3. The zero-order valence-corrected chi connectivity index (χ0v) is 15.7. The first-order valence-corrected chi connectivity index (χ1v) is 10.0. The summed E-state index contributed by atoms with van der Waals surface area (Å²) in [6.07, 6.45) is 10.3. The van der Waals surface area contributed by atoms with Crippen LogP contribution in [0.15, 0.2) is 6.33 Å². The molecule has 2 aliphatic heterocycles. The smallest absolute Gasteiger partial charge is 0.230 e.